The van der Waals surface area contributed by atoms with Crippen LogP contribution < -0.4 is 4.74 Å². The number of hydrogen-bond donors (Lipinski definition) is 7. The Balaban J connectivity index is 1.65. The van der Waals surface area contributed by atoms with E-state index in [9.17, 15) is 54.3 Å². The number of ether oxygens (including phenoxy) is 3. The van der Waals surface area contributed by atoms with Gasteiger partial charge in [0.2, 0.25) is 6.10 Å². The quantitative estimate of drug-likeness (QED) is 0.126. The number of carboxylic acid groups (broad SMARTS) is 3. The number of esters is 2. The van der Waals surface area contributed by atoms with E-state index in [0.29, 0.717) is 24.1 Å². The molecule has 262 valence electrons. The first-order chi connectivity index (χ1) is 22.3. The second kappa shape index (κ2) is 13.5. The average molecular weight is 680 g/mol. The lowest BCUT2D eigenvalue weighted by atomic mass is 9.54. The maximum Gasteiger partial charge on any atom is 0.345 e. The van der Waals surface area contributed by atoms with Crippen molar-refractivity contribution in [3.63, 3.8) is 0 Å². The minimum Gasteiger partial charge on any atom is -0.504 e. The van der Waals surface area contributed by atoms with E-state index in [1.54, 1.807) is 13.0 Å². The standard InChI is InChI=1S/C31H37NO16/c1-13-4-5-16(33)25-22(13)30-8-9-32(3)14(2)31(30,45)7-6-18(26(30)48-25)46-21(37)11-15(10-17(34)23(38)24(39)28(42)43)29(44)47-19(27(40)41)12-20(35)36/h4-6,14-15,19,23-24,26,33,38-39,45H,7-12H2,1-3H3,(H,35,36)(H,40,41)(H,42,43)/t14-,15+,19+,23+,24-,26+,30+,31-/m1/s1. The smallest absolute Gasteiger partial charge is 0.345 e. The summed E-state index contributed by atoms with van der Waals surface area (Å²) >= 11 is 0. The van der Waals surface area contributed by atoms with Crippen molar-refractivity contribution in [1.82, 2.24) is 4.90 Å². The Kier molecular flexibility index (Phi) is 10.2. The molecule has 1 fully saturated rings. The number of ketones is 1. The number of aliphatic hydroxyl groups excluding tert-OH is 2. The fraction of sp³-hybridized carbons (Fsp3) is 0.548. The maximum absolute atomic E-state index is 13.4. The number of aliphatic carboxylic acids is 3. The van der Waals surface area contributed by atoms with E-state index in [0.717, 1.165) is 0 Å². The van der Waals surface area contributed by atoms with Gasteiger partial charge in [0.15, 0.2) is 29.5 Å². The number of Topliss-reactive ketones (excluding diaryl/α,β-unsaturated/α-hetero) is 1. The molecule has 0 bridgehead atoms. The second-order valence-corrected chi connectivity index (χ2v) is 12.4. The summed E-state index contributed by atoms with van der Waals surface area (Å²) in [5.41, 5.74) is -1.45. The Morgan fingerprint density at radius 3 is 2.29 bits per heavy atom. The van der Waals surface area contributed by atoms with Gasteiger partial charge in [0.25, 0.3) is 0 Å². The van der Waals surface area contributed by atoms with Gasteiger partial charge < -0.3 is 54.9 Å². The number of benzene rings is 1. The Labute approximate surface area is 272 Å². The lowest BCUT2D eigenvalue weighted by molar-refractivity contribution is -0.173. The summed E-state index contributed by atoms with van der Waals surface area (Å²) in [5, 5.41) is 69.8. The van der Waals surface area contributed by atoms with E-state index in [4.69, 9.17) is 24.4 Å². The molecule has 4 rings (SSSR count). The predicted octanol–water partition coefficient (Wildman–Crippen LogP) is -0.772. The molecule has 1 saturated heterocycles. The molecule has 1 aromatic carbocycles. The molecular weight excluding hydrogens is 642 g/mol. The summed E-state index contributed by atoms with van der Waals surface area (Å²) in [6.07, 6.45) is -10.1. The van der Waals surface area contributed by atoms with Crippen LogP contribution in [0.2, 0.25) is 0 Å². The predicted molar refractivity (Wildman–Crippen MR) is 157 cm³/mol. The molecule has 7 N–H and O–H groups in total. The number of carboxylic acids is 3. The molecule has 0 saturated carbocycles. The highest BCUT2D eigenvalue weighted by molar-refractivity contribution is 5.93. The lowest BCUT2D eigenvalue weighted by Gasteiger charge is -2.58. The zero-order valence-corrected chi connectivity index (χ0v) is 26.2. The number of rotatable bonds is 13. The average Bonchev–Trinajstić information content (AvgIpc) is 3.38. The zero-order chi connectivity index (χ0) is 35.9. The van der Waals surface area contributed by atoms with Crippen molar-refractivity contribution in [2.75, 3.05) is 13.6 Å². The van der Waals surface area contributed by atoms with Crippen molar-refractivity contribution in [2.24, 2.45) is 5.92 Å². The number of piperidine rings is 1. The van der Waals surface area contributed by atoms with E-state index >= 15 is 0 Å². The van der Waals surface area contributed by atoms with Crippen molar-refractivity contribution >= 4 is 35.6 Å². The zero-order valence-electron chi connectivity index (χ0n) is 26.2. The van der Waals surface area contributed by atoms with Gasteiger partial charge in [-0.25, -0.2) is 9.59 Å². The molecule has 0 aromatic heterocycles. The van der Waals surface area contributed by atoms with Crippen LogP contribution in [0.15, 0.2) is 24.0 Å². The number of fused-ring (bicyclic) bond motifs is 1. The van der Waals surface area contributed by atoms with Crippen molar-refractivity contribution < 1.29 is 78.7 Å². The number of carbonyl (C=O) groups is 6. The summed E-state index contributed by atoms with van der Waals surface area (Å²) in [5.74, 6) is -11.8. The maximum atomic E-state index is 13.4. The number of phenolic OH excluding ortho intramolecular Hbond substituents is 1. The van der Waals surface area contributed by atoms with Crippen LogP contribution in [0.1, 0.15) is 50.2 Å². The highest BCUT2D eigenvalue weighted by Gasteiger charge is 2.69. The van der Waals surface area contributed by atoms with Crippen LogP contribution in [-0.4, -0.2) is 126 Å². The van der Waals surface area contributed by atoms with Gasteiger partial charge in [-0.2, -0.15) is 0 Å². The molecule has 8 atom stereocenters. The number of aryl methyl sites for hydroxylation is 1. The fourth-order valence-electron chi connectivity index (χ4n) is 6.87. The van der Waals surface area contributed by atoms with Crippen molar-refractivity contribution in [3.05, 3.63) is 35.1 Å². The monoisotopic (exact) mass is 679 g/mol. The third kappa shape index (κ3) is 6.33. The third-order valence-corrected chi connectivity index (χ3v) is 9.53. The van der Waals surface area contributed by atoms with Crippen molar-refractivity contribution in [1.29, 1.82) is 0 Å². The van der Waals surface area contributed by atoms with Gasteiger partial charge in [-0.05, 0) is 51.6 Å². The van der Waals surface area contributed by atoms with Crippen LogP contribution in [0.5, 0.6) is 11.5 Å². The number of likely N-dealkylation sites (tertiary alicyclic amines) is 1. The highest BCUT2D eigenvalue weighted by Crippen LogP contribution is 2.62. The van der Waals surface area contributed by atoms with Crippen molar-refractivity contribution in [3.8, 4) is 11.5 Å². The summed E-state index contributed by atoms with van der Waals surface area (Å²) in [6, 6.07) is 2.66. The molecule has 2 aliphatic heterocycles. The van der Waals surface area contributed by atoms with E-state index in [1.807, 2.05) is 18.9 Å². The summed E-state index contributed by atoms with van der Waals surface area (Å²) in [6.45, 7) is 4.10. The molecule has 48 heavy (non-hydrogen) atoms. The summed E-state index contributed by atoms with van der Waals surface area (Å²) in [7, 11) is 1.84. The van der Waals surface area contributed by atoms with E-state index in [2.05, 4.69) is 0 Å². The molecule has 2 heterocycles. The first kappa shape index (κ1) is 36.3. The first-order valence-corrected chi connectivity index (χ1v) is 15.0. The summed E-state index contributed by atoms with van der Waals surface area (Å²) in [4.78, 5) is 74.7. The first-order valence-electron chi connectivity index (χ1n) is 15.0. The normalized spacial score (nSPS) is 27.0. The molecule has 1 spiro atoms. The molecule has 3 aliphatic rings. The van der Waals surface area contributed by atoms with Crippen molar-refractivity contribution in [2.45, 2.75) is 87.4 Å². The molecule has 0 amide bonds. The Hall–Kier alpha value is -4.58. The van der Waals surface area contributed by atoms with Crippen LogP contribution in [0.3, 0.4) is 0 Å². The van der Waals surface area contributed by atoms with Crippen LogP contribution >= 0.6 is 0 Å². The number of aliphatic hydroxyl groups is 3. The van der Waals surface area contributed by atoms with Gasteiger partial charge in [0, 0.05) is 24.4 Å². The lowest BCUT2D eigenvalue weighted by Crippen LogP contribution is -2.71. The molecule has 0 unspecified atom stereocenters. The van der Waals surface area contributed by atoms with Crippen LogP contribution in [0.4, 0.5) is 0 Å². The summed E-state index contributed by atoms with van der Waals surface area (Å²) < 4.78 is 16.6. The largest absolute Gasteiger partial charge is 0.504 e. The molecular formula is C31H37NO16. The molecule has 0 radical (unpaired) electrons. The molecule has 1 aliphatic carbocycles. The van der Waals surface area contributed by atoms with Crippen LogP contribution in [0, 0.1) is 12.8 Å². The highest BCUT2D eigenvalue weighted by atomic mass is 16.6. The second-order valence-electron chi connectivity index (χ2n) is 12.4. The van der Waals surface area contributed by atoms with Gasteiger partial charge >= 0.3 is 29.8 Å². The van der Waals surface area contributed by atoms with Gasteiger partial charge in [0.1, 0.15) is 11.9 Å². The topological polar surface area (TPSA) is 275 Å². The third-order valence-electron chi connectivity index (χ3n) is 9.53. The molecule has 1 aromatic rings. The molecule has 17 heteroatoms. The Morgan fingerprint density at radius 2 is 1.69 bits per heavy atom. The Bertz CT molecular complexity index is 1550. The van der Waals surface area contributed by atoms with Gasteiger partial charge in [-0.3, -0.25) is 19.2 Å². The van der Waals surface area contributed by atoms with Gasteiger partial charge in [-0.15, -0.1) is 0 Å². The Morgan fingerprint density at radius 1 is 1.02 bits per heavy atom. The minimum atomic E-state index is -2.60. The number of hydrogen-bond acceptors (Lipinski definition) is 14. The number of likely N-dealkylation sites (N-methyl/N-ethyl adjacent to an activating group) is 1. The number of phenols is 1. The minimum absolute atomic E-state index is 0.0335. The fourth-order valence-corrected chi connectivity index (χ4v) is 6.87. The number of carbonyl (C=O) groups excluding carboxylic acids is 3. The van der Waals surface area contributed by atoms with E-state index in [1.165, 1.54) is 12.1 Å². The van der Waals surface area contributed by atoms with E-state index in [-0.39, 0.29) is 23.7 Å². The van der Waals surface area contributed by atoms with Gasteiger partial charge in [-0.1, -0.05) is 6.07 Å². The molecule has 17 nitrogen and oxygen atoms in total. The van der Waals surface area contributed by atoms with E-state index < -0.39 is 102 Å². The van der Waals surface area contributed by atoms with Gasteiger partial charge in [0.05, 0.1) is 29.8 Å². The number of aromatic hydroxyl groups is 1. The number of nitrogens with zero attached hydrogens (tertiary/aromatic N) is 1. The van der Waals surface area contributed by atoms with Crippen LogP contribution in [-0.2, 0) is 43.7 Å². The SMILES string of the molecule is Cc1ccc(O)c2c1[C@]13CCN(C)[C@H](C)[C@]1(O)CC=C(OC(=O)C[C@H](CC(=O)[C@H](O)[C@@H](O)C(=O)O)C(=O)O[C@@H](CC(=O)O)C(=O)O)[C@@H]3O2. The van der Waals surface area contributed by atoms with Crippen LogP contribution in [0.25, 0.3) is 0 Å².